The molecule has 1 rings (SSSR count). The Morgan fingerprint density at radius 1 is 0.900 bits per heavy atom. The standard InChI is InChI=1S/C6H8.3CH3.Pt/c1-6-4-2-3-5-6;;;;/h2-6H,1H3;3*1H3;/q;3*-1;. The summed E-state index contributed by atoms with van der Waals surface area (Å²) in [5.41, 5.74) is 0. The van der Waals surface area contributed by atoms with E-state index in [9.17, 15) is 0 Å². The van der Waals surface area contributed by atoms with Crippen LogP contribution in [0.25, 0.3) is 0 Å². The van der Waals surface area contributed by atoms with Gasteiger partial charge in [-0.1, -0.05) is 31.2 Å². The van der Waals surface area contributed by atoms with Crippen LogP contribution < -0.4 is 0 Å². The van der Waals surface area contributed by atoms with Crippen LogP contribution in [0.3, 0.4) is 0 Å². The molecular formula is C9H17Pt-3. The fourth-order valence-corrected chi connectivity index (χ4v) is 0.543. The molecule has 0 bridgehead atoms. The molecule has 0 N–H and O–H groups in total. The van der Waals surface area contributed by atoms with Crippen molar-refractivity contribution in [3.8, 4) is 0 Å². The number of hydrogen-bond donors (Lipinski definition) is 0. The Labute approximate surface area is 80.7 Å². The molecule has 0 saturated carbocycles. The molecule has 1 heteroatoms. The van der Waals surface area contributed by atoms with Gasteiger partial charge in [-0.15, -0.1) is 0 Å². The largest absolute Gasteiger partial charge is 0.358 e. The Balaban J connectivity index is -0.0000000450. The van der Waals surface area contributed by atoms with E-state index in [1.807, 2.05) is 0 Å². The first-order chi connectivity index (χ1) is 2.89. The summed E-state index contributed by atoms with van der Waals surface area (Å²) in [6.07, 6.45) is 8.48. The fourth-order valence-electron chi connectivity index (χ4n) is 0.543. The molecule has 10 heavy (non-hydrogen) atoms. The van der Waals surface area contributed by atoms with Gasteiger partial charge in [0.25, 0.3) is 0 Å². The van der Waals surface area contributed by atoms with Crippen molar-refractivity contribution in [2.75, 3.05) is 0 Å². The third-order valence-electron chi connectivity index (χ3n) is 0.940. The minimum absolute atomic E-state index is 0. The third kappa shape index (κ3) is 8.17. The van der Waals surface area contributed by atoms with E-state index in [2.05, 4.69) is 31.2 Å². The van der Waals surface area contributed by atoms with Crippen molar-refractivity contribution in [3.05, 3.63) is 46.6 Å². The topological polar surface area (TPSA) is 0 Å². The van der Waals surface area contributed by atoms with Crippen LogP contribution in [0.5, 0.6) is 0 Å². The van der Waals surface area contributed by atoms with Crippen LogP contribution >= 0.6 is 0 Å². The molecule has 0 saturated heterocycles. The Hall–Kier alpha value is 0.168. The zero-order valence-corrected chi connectivity index (χ0v) is 9.48. The molecule has 0 aromatic carbocycles. The quantitative estimate of drug-likeness (QED) is 0.602. The van der Waals surface area contributed by atoms with Crippen molar-refractivity contribution in [1.29, 1.82) is 0 Å². The molecule has 0 aliphatic heterocycles. The molecule has 0 heterocycles. The minimum Gasteiger partial charge on any atom is -0.358 e. The summed E-state index contributed by atoms with van der Waals surface area (Å²) in [5.74, 6) is 0.685. The normalized spacial score (nSPS) is 12.1. The second-order valence-corrected chi connectivity index (χ2v) is 1.63. The van der Waals surface area contributed by atoms with E-state index < -0.39 is 0 Å². The summed E-state index contributed by atoms with van der Waals surface area (Å²) in [7, 11) is 0. The van der Waals surface area contributed by atoms with E-state index in [1.54, 1.807) is 0 Å². The maximum absolute atomic E-state index is 2.17. The molecular weight excluding hydrogens is 303 g/mol. The average Bonchev–Trinajstić information content (AvgIpc) is 1.86. The molecule has 0 nitrogen and oxygen atoms in total. The molecule has 0 atom stereocenters. The maximum Gasteiger partial charge on any atom is 0 e. The third-order valence-corrected chi connectivity index (χ3v) is 0.940. The van der Waals surface area contributed by atoms with Gasteiger partial charge in [-0.3, -0.25) is 0 Å². The molecule has 0 aromatic rings. The van der Waals surface area contributed by atoms with E-state index in [1.165, 1.54) is 0 Å². The van der Waals surface area contributed by atoms with Gasteiger partial charge in [-0.05, 0) is 5.92 Å². The predicted molar refractivity (Wildman–Crippen MR) is 46.7 cm³/mol. The zero-order chi connectivity index (χ0) is 4.41. The summed E-state index contributed by atoms with van der Waals surface area (Å²) in [6, 6.07) is 0. The van der Waals surface area contributed by atoms with Gasteiger partial charge in [0.05, 0.1) is 0 Å². The van der Waals surface area contributed by atoms with E-state index in [0.717, 1.165) is 0 Å². The van der Waals surface area contributed by atoms with E-state index in [-0.39, 0.29) is 43.3 Å². The van der Waals surface area contributed by atoms with Crippen LogP contribution in [-0.4, -0.2) is 0 Å². The van der Waals surface area contributed by atoms with E-state index in [0.29, 0.717) is 5.92 Å². The van der Waals surface area contributed by atoms with Gasteiger partial charge in [0, 0.05) is 21.1 Å². The molecule has 0 unspecified atom stereocenters. The first kappa shape index (κ1) is 22.5. The van der Waals surface area contributed by atoms with Gasteiger partial charge in [-0.25, -0.2) is 0 Å². The second-order valence-electron chi connectivity index (χ2n) is 1.63. The van der Waals surface area contributed by atoms with Gasteiger partial charge in [0.1, 0.15) is 0 Å². The predicted octanol–water partition coefficient (Wildman–Crippen LogP) is 3.10. The molecule has 0 spiro atoms. The van der Waals surface area contributed by atoms with Gasteiger partial charge in [0.15, 0.2) is 0 Å². The Morgan fingerprint density at radius 3 is 1.30 bits per heavy atom. The van der Waals surface area contributed by atoms with Gasteiger partial charge >= 0.3 is 0 Å². The Kier molecular flexibility index (Phi) is 26.7. The zero-order valence-electron chi connectivity index (χ0n) is 7.20. The van der Waals surface area contributed by atoms with Crippen LogP contribution in [0, 0.1) is 28.2 Å². The van der Waals surface area contributed by atoms with Gasteiger partial charge in [0.2, 0.25) is 0 Å². The van der Waals surface area contributed by atoms with Crippen molar-refractivity contribution in [3.63, 3.8) is 0 Å². The van der Waals surface area contributed by atoms with Crippen molar-refractivity contribution >= 4 is 0 Å². The molecule has 0 fully saturated rings. The molecule has 1 aliphatic carbocycles. The van der Waals surface area contributed by atoms with Crippen LogP contribution in [0.15, 0.2) is 24.3 Å². The summed E-state index contributed by atoms with van der Waals surface area (Å²) in [4.78, 5) is 0. The summed E-state index contributed by atoms with van der Waals surface area (Å²) in [6.45, 7) is 2.17. The monoisotopic (exact) mass is 320 g/mol. The molecule has 0 radical (unpaired) electrons. The average molecular weight is 320 g/mol. The first-order valence-corrected chi connectivity index (χ1v) is 2.24. The Morgan fingerprint density at radius 2 is 1.20 bits per heavy atom. The first-order valence-electron chi connectivity index (χ1n) is 2.24. The summed E-state index contributed by atoms with van der Waals surface area (Å²) >= 11 is 0. The van der Waals surface area contributed by atoms with Crippen molar-refractivity contribution in [2.45, 2.75) is 6.92 Å². The van der Waals surface area contributed by atoms with Crippen molar-refractivity contribution in [1.82, 2.24) is 0 Å². The minimum atomic E-state index is 0. The summed E-state index contributed by atoms with van der Waals surface area (Å²) < 4.78 is 0. The van der Waals surface area contributed by atoms with E-state index in [4.69, 9.17) is 0 Å². The Bertz CT molecular complexity index is 80.9. The van der Waals surface area contributed by atoms with Crippen molar-refractivity contribution < 1.29 is 21.1 Å². The maximum atomic E-state index is 2.17. The van der Waals surface area contributed by atoms with Crippen LogP contribution in [0.4, 0.5) is 0 Å². The van der Waals surface area contributed by atoms with Gasteiger partial charge < -0.3 is 22.3 Å². The number of rotatable bonds is 0. The molecule has 0 aromatic heterocycles. The molecule has 66 valence electrons. The molecule has 1 aliphatic rings. The van der Waals surface area contributed by atoms with Crippen LogP contribution in [-0.2, 0) is 21.1 Å². The second kappa shape index (κ2) is 11.9. The summed E-state index contributed by atoms with van der Waals surface area (Å²) in [5, 5.41) is 0. The molecule has 0 amide bonds. The van der Waals surface area contributed by atoms with Gasteiger partial charge in [-0.2, -0.15) is 0 Å². The SMILES string of the molecule is CC1C=CC=C1.[CH3-].[CH3-].[CH3-].[Pt]. The smallest absolute Gasteiger partial charge is 0 e. The van der Waals surface area contributed by atoms with Crippen molar-refractivity contribution in [2.24, 2.45) is 5.92 Å². The van der Waals surface area contributed by atoms with E-state index >= 15 is 0 Å². The fraction of sp³-hybridized carbons (Fsp3) is 0.222. The van der Waals surface area contributed by atoms with Crippen LogP contribution in [0.1, 0.15) is 6.92 Å². The number of hydrogen-bond acceptors (Lipinski definition) is 0. The van der Waals surface area contributed by atoms with Crippen LogP contribution in [0.2, 0.25) is 0 Å². The number of allylic oxidation sites excluding steroid dienone is 4.